The van der Waals surface area contributed by atoms with Crippen molar-refractivity contribution in [1.29, 1.82) is 0 Å². The molecule has 144 valence electrons. The Labute approximate surface area is 164 Å². The highest BCUT2D eigenvalue weighted by atomic mass is 16.6. The SMILES string of the molecule is CC(C)(C)OC(=O)N1C=COC(c2cc(O)ccc2C=Cc2ccccc2)=C1. The molecule has 3 rings (SSSR count). The Morgan fingerprint density at radius 2 is 1.86 bits per heavy atom. The molecule has 0 atom stereocenters. The Hall–Kier alpha value is -3.47. The molecule has 28 heavy (non-hydrogen) atoms. The lowest BCUT2D eigenvalue weighted by molar-refractivity contribution is 0.0390. The Bertz CT molecular complexity index is 937. The molecule has 0 spiro atoms. The molecular weight excluding hydrogens is 354 g/mol. The highest BCUT2D eigenvalue weighted by Crippen LogP contribution is 2.29. The predicted octanol–water partition coefficient (Wildman–Crippen LogP) is 5.60. The Kier molecular flexibility index (Phi) is 5.54. The van der Waals surface area contributed by atoms with Gasteiger partial charge in [-0.2, -0.15) is 0 Å². The summed E-state index contributed by atoms with van der Waals surface area (Å²) in [6.07, 6.45) is 7.84. The molecular formula is C23H23NO4. The van der Waals surface area contributed by atoms with E-state index in [9.17, 15) is 9.90 Å². The third-order valence-electron chi connectivity index (χ3n) is 3.83. The summed E-state index contributed by atoms with van der Waals surface area (Å²) in [5.74, 6) is 0.534. The summed E-state index contributed by atoms with van der Waals surface area (Å²) in [6.45, 7) is 5.42. The van der Waals surface area contributed by atoms with Crippen molar-refractivity contribution in [2.45, 2.75) is 26.4 Å². The van der Waals surface area contributed by atoms with Gasteiger partial charge in [-0.25, -0.2) is 4.79 Å². The predicted molar refractivity (Wildman–Crippen MR) is 110 cm³/mol. The standard InChI is InChI=1S/C23H23NO4/c1-23(2,3)28-22(26)24-13-14-27-21(16-24)20-15-19(25)12-11-18(20)10-9-17-7-5-4-6-8-17/h4-16,25H,1-3H3. The van der Waals surface area contributed by atoms with E-state index < -0.39 is 11.7 Å². The van der Waals surface area contributed by atoms with Crippen LogP contribution in [0, 0.1) is 0 Å². The fraction of sp³-hybridized carbons (Fsp3) is 0.174. The number of phenolic OH excluding ortho intramolecular Hbond substituents is 1. The molecule has 0 bridgehead atoms. The second-order valence-corrected chi connectivity index (χ2v) is 7.30. The van der Waals surface area contributed by atoms with Crippen molar-refractivity contribution in [2.75, 3.05) is 0 Å². The lowest BCUT2D eigenvalue weighted by Crippen LogP contribution is -2.31. The average Bonchev–Trinajstić information content (AvgIpc) is 2.66. The summed E-state index contributed by atoms with van der Waals surface area (Å²) in [5, 5.41) is 9.95. The van der Waals surface area contributed by atoms with Gasteiger partial charge < -0.3 is 14.6 Å². The Balaban J connectivity index is 1.91. The zero-order chi connectivity index (χ0) is 20.1. The van der Waals surface area contributed by atoms with E-state index in [1.54, 1.807) is 45.2 Å². The number of hydrogen-bond acceptors (Lipinski definition) is 4. The summed E-state index contributed by atoms with van der Waals surface area (Å²) in [7, 11) is 0. The van der Waals surface area contributed by atoms with Crippen molar-refractivity contribution >= 4 is 24.0 Å². The minimum atomic E-state index is -0.605. The second-order valence-electron chi connectivity index (χ2n) is 7.30. The van der Waals surface area contributed by atoms with Gasteiger partial charge in [0, 0.05) is 5.56 Å². The van der Waals surface area contributed by atoms with Gasteiger partial charge in [-0.1, -0.05) is 48.6 Å². The molecule has 0 aromatic heterocycles. The highest BCUT2D eigenvalue weighted by molar-refractivity contribution is 5.80. The van der Waals surface area contributed by atoms with E-state index in [0.29, 0.717) is 11.3 Å². The first-order valence-electron chi connectivity index (χ1n) is 8.95. The molecule has 0 aliphatic carbocycles. The fourth-order valence-electron chi connectivity index (χ4n) is 2.58. The van der Waals surface area contributed by atoms with Crippen LogP contribution in [0.3, 0.4) is 0 Å². The number of aromatic hydroxyl groups is 1. The first kappa shape index (κ1) is 19.3. The molecule has 5 heteroatoms. The zero-order valence-electron chi connectivity index (χ0n) is 16.1. The number of carbonyl (C=O) groups is 1. The third-order valence-corrected chi connectivity index (χ3v) is 3.83. The van der Waals surface area contributed by atoms with E-state index in [1.165, 1.54) is 17.4 Å². The number of hydrogen-bond donors (Lipinski definition) is 1. The summed E-state index contributed by atoms with van der Waals surface area (Å²) >= 11 is 0. The Morgan fingerprint density at radius 3 is 2.57 bits per heavy atom. The van der Waals surface area contributed by atoms with E-state index in [2.05, 4.69) is 0 Å². The lowest BCUT2D eigenvalue weighted by atomic mass is 10.0. The van der Waals surface area contributed by atoms with Crippen molar-refractivity contribution in [3.8, 4) is 5.75 Å². The molecule has 2 aromatic carbocycles. The maximum absolute atomic E-state index is 12.3. The van der Waals surface area contributed by atoms with Crippen LogP contribution in [0.4, 0.5) is 4.79 Å². The summed E-state index contributed by atoms with van der Waals surface area (Å²) in [5.41, 5.74) is 1.94. The number of carbonyl (C=O) groups excluding carboxylic acids is 1. The highest BCUT2D eigenvalue weighted by Gasteiger charge is 2.23. The number of amides is 1. The molecule has 0 saturated carbocycles. The van der Waals surface area contributed by atoms with Crippen LogP contribution in [0.15, 0.2) is 67.2 Å². The molecule has 2 aromatic rings. The number of ether oxygens (including phenoxy) is 2. The molecule has 1 N–H and O–H groups in total. The molecule has 1 heterocycles. The second kappa shape index (κ2) is 8.05. The van der Waals surface area contributed by atoms with Crippen LogP contribution in [0.25, 0.3) is 17.9 Å². The number of benzene rings is 2. The van der Waals surface area contributed by atoms with Gasteiger partial charge in [0.25, 0.3) is 0 Å². The van der Waals surface area contributed by atoms with Crippen LogP contribution < -0.4 is 0 Å². The molecule has 0 fully saturated rings. The van der Waals surface area contributed by atoms with Gasteiger partial charge in [0.15, 0.2) is 5.76 Å². The van der Waals surface area contributed by atoms with Gasteiger partial charge in [-0.15, -0.1) is 0 Å². The van der Waals surface area contributed by atoms with Crippen LogP contribution >= 0.6 is 0 Å². The van der Waals surface area contributed by atoms with Crippen molar-refractivity contribution in [1.82, 2.24) is 4.90 Å². The maximum atomic E-state index is 12.3. The molecule has 5 nitrogen and oxygen atoms in total. The normalized spacial score (nSPS) is 14.0. The van der Waals surface area contributed by atoms with Crippen molar-refractivity contribution < 1.29 is 19.4 Å². The molecule has 0 radical (unpaired) electrons. The Morgan fingerprint density at radius 1 is 1.11 bits per heavy atom. The van der Waals surface area contributed by atoms with Crippen LogP contribution in [0.2, 0.25) is 0 Å². The minimum absolute atomic E-state index is 0.106. The van der Waals surface area contributed by atoms with Gasteiger partial charge in [-0.05, 0) is 44.0 Å². The smallest absolute Gasteiger partial charge is 0.418 e. The monoisotopic (exact) mass is 377 g/mol. The topological polar surface area (TPSA) is 59.0 Å². The summed E-state index contributed by atoms with van der Waals surface area (Å²) in [6, 6.07) is 14.9. The van der Waals surface area contributed by atoms with Gasteiger partial charge in [0.1, 0.15) is 17.6 Å². The average molecular weight is 377 g/mol. The summed E-state index contributed by atoms with van der Waals surface area (Å²) in [4.78, 5) is 13.7. The van der Waals surface area contributed by atoms with Gasteiger partial charge >= 0.3 is 6.09 Å². The van der Waals surface area contributed by atoms with Gasteiger partial charge in [0.05, 0.1) is 12.4 Å². The molecule has 1 aliphatic heterocycles. The van der Waals surface area contributed by atoms with Crippen molar-refractivity contribution in [2.24, 2.45) is 0 Å². The van der Waals surface area contributed by atoms with Crippen LogP contribution in [-0.4, -0.2) is 21.7 Å². The number of phenols is 1. The summed E-state index contributed by atoms with van der Waals surface area (Å²) < 4.78 is 11.0. The molecule has 0 unspecified atom stereocenters. The van der Waals surface area contributed by atoms with E-state index in [0.717, 1.165) is 11.1 Å². The zero-order valence-corrected chi connectivity index (χ0v) is 16.1. The largest absolute Gasteiger partial charge is 0.508 e. The van der Waals surface area contributed by atoms with E-state index in [-0.39, 0.29) is 5.75 Å². The molecule has 1 aliphatic rings. The molecule has 0 saturated heterocycles. The number of nitrogens with zero attached hydrogens (tertiary/aromatic N) is 1. The number of rotatable bonds is 3. The first-order valence-corrected chi connectivity index (χ1v) is 8.95. The third kappa shape index (κ3) is 5.04. The van der Waals surface area contributed by atoms with Crippen molar-refractivity contribution in [3.05, 3.63) is 83.9 Å². The van der Waals surface area contributed by atoms with Gasteiger partial charge in [0.2, 0.25) is 0 Å². The van der Waals surface area contributed by atoms with Gasteiger partial charge in [-0.3, -0.25) is 4.90 Å². The quantitative estimate of drug-likeness (QED) is 0.708. The van der Waals surface area contributed by atoms with E-state index in [1.807, 2.05) is 42.5 Å². The van der Waals surface area contributed by atoms with Crippen LogP contribution in [-0.2, 0) is 9.47 Å². The molecule has 1 amide bonds. The lowest BCUT2D eigenvalue weighted by Gasteiger charge is -2.25. The van der Waals surface area contributed by atoms with E-state index in [4.69, 9.17) is 9.47 Å². The maximum Gasteiger partial charge on any atom is 0.418 e. The minimum Gasteiger partial charge on any atom is -0.508 e. The first-order chi connectivity index (χ1) is 13.3. The van der Waals surface area contributed by atoms with Crippen molar-refractivity contribution in [3.63, 3.8) is 0 Å². The van der Waals surface area contributed by atoms with E-state index >= 15 is 0 Å². The van der Waals surface area contributed by atoms with Crippen LogP contribution in [0.5, 0.6) is 5.75 Å². The fourth-order valence-corrected chi connectivity index (χ4v) is 2.58. The van der Waals surface area contributed by atoms with Crippen LogP contribution in [0.1, 0.15) is 37.5 Å².